The molecule has 0 aliphatic heterocycles. The summed E-state index contributed by atoms with van der Waals surface area (Å²) in [4.78, 5) is 12.4. The van der Waals surface area contributed by atoms with Crippen molar-refractivity contribution in [3.63, 3.8) is 0 Å². The molecule has 2 amide bonds. The summed E-state index contributed by atoms with van der Waals surface area (Å²) < 4.78 is 0. The number of hydrogen-bond donors (Lipinski definition) is 1. The zero-order valence-electron chi connectivity index (χ0n) is 7.09. The van der Waals surface area contributed by atoms with Gasteiger partial charge in [-0.1, -0.05) is 4.90 Å². The Morgan fingerprint density at radius 2 is 1.50 bits per heavy atom. The van der Waals surface area contributed by atoms with Crippen molar-refractivity contribution in [3.05, 3.63) is 0 Å². The standard InChI is InChI=1S/C7H16N2O/c1-5(2)9(6(3)4)7(8)10/h5-6H,1-4H3,(H2,8,10)/q+1. The lowest BCUT2D eigenvalue weighted by Crippen LogP contribution is -2.50. The van der Waals surface area contributed by atoms with Gasteiger partial charge in [0.25, 0.3) is 0 Å². The van der Waals surface area contributed by atoms with Gasteiger partial charge >= 0.3 is 6.03 Å². The smallest absolute Gasteiger partial charge is 0.315 e. The first kappa shape index (κ1) is 9.43. The largest absolute Gasteiger partial charge is 0.462 e. The molecule has 0 aromatic carbocycles. The molecule has 0 aliphatic carbocycles. The summed E-state index contributed by atoms with van der Waals surface area (Å²) in [5, 5.41) is 0. The average Bonchev–Trinajstić information content (AvgIpc) is 1.59. The molecule has 0 saturated carbocycles. The topological polar surface area (TPSA) is 49.0 Å². The van der Waals surface area contributed by atoms with Crippen molar-refractivity contribution in [2.24, 2.45) is 5.73 Å². The van der Waals surface area contributed by atoms with E-state index in [1.165, 1.54) is 0 Å². The van der Waals surface area contributed by atoms with E-state index < -0.39 is 0 Å². The summed E-state index contributed by atoms with van der Waals surface area (Å²) in [6, 6.07) is 0.0417. The molecule has 59 valence electrons. The first-order valence-corrected chi connectivity index (χ1v) is 3.54. The molecule has 10 heavy (non-hydrogen) atoms. The second-order valence-corrected chi connectivity index (χ2v) is 2.93. The van der Waals surface area contributed by atoms with Crippen molar-refractivity contribution < 1.29 is 4.79 Å². The fraction of sp³-hybridized carbons (Fsp3) is 0.857. The van der Waals surface area contributed by atoms with Crippen LogP contribution in [0.15, 0.2) is 0 Å². The van der Waals surface area contributed by atoms with Crippen LogP contribution in [0, 0.1) is 0 Å². The summed E-state index contributed by atoms with van der Waals surface area (Å²) in [6.07, 6.45) is 0. The van der Waals surface area contributed by atoms with Gasteiger partial charge in [0.2, 0.25) is 0 Å². The number of primary amides is 1. The van der Waals surface area contributed by atoms with E-state index in [1.807, 2.05) is 27.7 Å². The maximum absolute atomic E-state index is 10.7. The maximum Gasteiger partial charge on any atom is 0.462 e. The summed E-state index contributed by atoms with van der Waals surface area (Å²) in [5.41, 5.74) is 5.13. The molecule has 0 atom stereocenters. The summed E-state index contributed by atoms with van der Waals surface area (Å²) in [7, 11) is 0. The van der Waals surface area contributed by atoms with Gasteiger partial charge in [-0.05, 0) is 27.7 Å². The monoisotopic (exact) mass is 144 g/mol. The number of urea groups is 1. The van der Waals surface area contributed by atoms with Gasteiger partial charge in [0.05, 0.1) is 0 Å². The fourth-order valence-corrected chi connectivity index (χ4v) is 1.11. The third-order valence-electron chi connectivity index (χ3n) is 1.37. The highest BCUT2D eigenvalue weighted by atomic mass is 16.2. The van der Waals surface area contributed by atoms with E-state index in [2.05, 4.69) is 0 Å². The van der Waals surface area contributed by atoms with Crippen LogP contribution in [-0.4, -0.2) is 18.1 Å². The van der Waals surface area contributed by atoms with E-state index >= 15 is 0 Å². The lowest BCUT2D eigenvalue weighted by atomic mass is 10.2. The molecule has 0 rings (SSSR count). The molecule has 0 unspecified atom stereocenters. The SMILES string of the molecule is CC(C)[N+](C(N)=O)C(C)C. The predicted molar refractivity (Wildman–Crippen MR) is 42.0 cm³/mol. The summed E-state index contributed by atoms with van der Waals surface area (Å²) in [6.45, 7) is 7.80. The van der Waals surface area contributed by atoms with Crippen LogP contribution in [0.25, 0.3) is 0 Å². The van der Waals surface area contributed by atoms with Crippen molar-refractivity contribution in [1.29, 1.82) is 0 Å². The van der Waals surface area contributed by atoms with E-state index in [-0.39, 0.29) is 18.1 Å². The quantitative estimate of drug-likeness (QED) is 0.578. The highest BCUT2D eigenvalue weighted by Gasteiger charge is 2.29. The van der Waals surface area contributed by atoms with Crippen LogP contribution in [0.5, 0.6) is 0 Å². The second kappa shape index (κ2) is 3.56. The molecule has 0 aromatic rings. The average molecular weight is 144 g/mol. The van der Waals surface area contributed by atoms with Gasteiger partial charge in [-0.2, -0.15) is 0 Å². The molecule has 0 bridgehead atoms. The van der Waals surface area contributed by atoms with Crippen molar-refractivity contribution in [2.75, 3.05) is 0 Å². The van der Waals surface area contributed by atoms with Crippen LogP contribution in [-0.2, 0) is 0 Å². The van der Waals surface area contributed by atoms with Gasteiger partial charge < -0.3 is 5.73 Å². The minimum atomic E-state index is -0.343. The van der Waals surface area contributed by atoms with Crippen LogP contribution in [0.4, 0.5) is 4.79 Å². The molecule has 3 heteroatoms. The van der Waals surface area contributed by atoms with Crippen LogP contribution < -0.4 is 10.6 Å². The number of carbonyl (C=O) groups is 1. The Hall–Kier alpha value is -0.570. The van der Waals surface area contributed by atoms with Crippen LogP contribution >= 0.6 is 0 Å². The third kappa shape index (κ3) is 2.35. The fourth-order valence-electron chi connectivity index (χ4n) is 1.11. The number of hydrogen-bond acceptors (Lipinski definition) is 1. The zero-order chi connectivity index (χ0) is 8.31. The van der Waals surface area contributed by atoms with Crippen LogP contribution in [0.1, 0.15) is 27.7 Å². The number of carbonyl (C=O) groups excluding carboxylic acids is 1. The lowest BCUT2D eigenvalue weighted by Gasteiger charge is -2.13. The molecule has 0 saturated heterocycles. The van der Waals surface area contributed by atoms with Gasteiger partial charge in [-0.15, -0.1) is 0 Å². The third-order valence-corrected chi connectivity index (χ3v) is 1.37. The molecule has 0 spiro atoms. The molecule has 3 nitrogen and oxygen atoms in total. The Bertz CT molecular complexity index is 113. The molecule has 0 fully saturated rings. The van der Waals surface area contributed by atoms with E-state index in [4.69, 9.17) is 5.73 Å². The van der Waals surface area contributed by atoms with Crippen molar-refractivity contribution in [1.82, 2.24) is 4.90 Å². The number of nitrogens with zero attached hydrogens (tertiary/aromatic N) is 1. The highest BCUT2D eigenvalue weighted by molar-refractivity contribution is 5.75. The molecule has 2 N–H and O–H groups in total. The number of amides is 2. The molecule has 0 heterocycles. The number of nitrogens with two attached hydrogens (primary N) is 1. The van der Waals surface area contributed by atoms with Gasteiger partial charge in [-0.25, -0.2) is 4.79 Å². The molecule has 0 aromatic heterocycles. The first-order chi connectivity index (χ1) is 4.46. The second-order valence-electron chi connectivity index (χ2n) is 2.93. The minimum Gasteiger partial charge on any atom is -0.315 e. The van der Waals surface area contributed by atoms with Crippen molar-refractivity contribution in [2.45, 2.75) is 39.8 Å². The van der Waals surface area contributed by atoms with E-state index in [9.17, 15) is 4.79 Å². The van der Waals surface area contributed by atoms with Gasteiger partial charge in [-0.3, -0.25) is 0 Å². The van der Waals surface area contributed by atoms with Crippen LogP contribution in [0.2, 0.25) is 0 Å². The molecular formula is C7H16N2O+. The van der Waals surface area contributed by atoms with Crippen LogP contribution in [0.3, 0.4) is 0 Å². The Balaban J connectivity index is 4.12. The van der Waals surface area contributed by atoms with Crippen molar-refractivity contribution >= 4 is 6.03 Å². The zero-order valence-corrected chi connectivity index (χ0v) is 7.09. The van der Waals surface area contributed by atoms with E-state index in [0.29, 0.717) is 0 Å². The normalized spacial score (nSPS) is 11.5. The van der Waals surface area contributed by atoms with E-state index in [0.717, 1.165) is 0 Å². The Morgan fingerprint density at radius 1 is 1.20 bits per heavy atom. The molecule has 1 radical (unpaired) electrons. The summed E-state index contributed by atoms with van der Waals surface area (Å²) in [5.74, 6) is 0. The van der Waals surface area contributed by atoms with Gasteiger partial charge in [0.15, 0.2) is 0 Å². The van der Waals surface area contributed by atoms with Gasteiger partial charge in [0.1, 0.15) is 12.1 Å². The first-order valence-electron chi connectivity index (χ1n) is 3.54. The molecular weight excluding hydrogens is 128 g/mol. The Kier molecular flexibility index (Phi) is 3.36. The Labute approximate surface area is 62.2 Å². The molecule has 0 aliphatic rings. The maximum atomic E-state index is 10.7. The van der Waals surface area contributed by atoms with Crippen molar-refractivity contribution in [3.8, 4) is 0 Å². The predicted octanol–water partition coefficient (Wildman–Crippen LogP) is 1.02. The summed E-state index contributed by atoms with van der Waals surface area (Å²) >= 11 is 0. The lowest BCUT2D eigenvalue weighted by molar-refractivity contribution is 0.216. The van der Waals surface area contributed by atoms with E-state index in [1.54, 1.807) is 4.90 Å². The number of rotatable bonds is 2. The highest BCUT2D eigenvalue weighted by Crippen LogP contribution is 1.98. The minimum absolute atomic E-state index is 0.192. The Morgan fingerprint density at radius 3 is 1.50 bits per heavy atom. The van der Waals surface area contributed by atoms with Gasteiger partial charge in [0, 0.05) is 0 Å².